The number of rotatable bonds is 2. The molecule has 0 saturated carbocycles. The van der Waals surface area contributed by atoms with Gasteiger partial charge in [-0.15, -0.1) is 5.10 Å². The van der Waals surface area contributed by atoms with Gasteiger partial charge >= 0.3 is 0 Å². The molecular weight excluding hydrogens is 288 g/mol. The Morgan fingerprint density at radius 1 is 1.55 bits per heavy atom. The van der Waals surface area contributed by atoms with E-state index >= 15 is 0 Å². The first-order valence-corrected chi connectivity index (χ1v) is 6.35. The largest absolute Gasteiger partial charge is 0.394 e. The third kappa shape index (κ3) is 1.80. The van der Waals surface area contributed by atoms with Crippen molar-refractivity contribution >= 4 is 22.6 Å². The molecule has 4 atom stereocenters. The standard InChI is InChI=1S/C11H13ClN4O4/c1-11(19)8(18)6(3-17)20-10(11)16-4-13-7-5(16)2-14-15-9(7)12/h2,4,6,8,10,17-19H,3H2,1H3/t6-,8-,10-,11-/m1/s1. The molecule has 1 aliphatic heterocycles. The quantitative estimate of drug-likeness (QED) is 0.684. The highest BCUT2D eigenvalue weighted by Gasteiger charge is 2.53. The van der Waals surface area contributed by atoms with Crippen molar-refractivity contribution in [2.24, 2.45) is 0 Å². The number of fused-ring (bicyclic) bond motifs is 1. The van der Waals surface area contributed by atoms with Crippen LogP contribution in [0.25, 0.3) is 11.0 Å². The highest BCUT2D eigenvalue weighted by Crippen LogP contribution is 2.39. The molecule has 2 aromatic rings. The molecular formula is C11H13ClN4O4. The van der Waals surface area contributed by atoms with Crippen molar-refractivity contribution in [2.75, 3.05) is 6.61 Å². The minimum atomic E-state index is -1.59. The van der Waals surface area contributed by atoms with Crippen molar-refractivity contribution in [3.05, 3.63) is 17.7 Å². The fraction of sp³-hybridized carbons (Fsp3) is 0.545. The zero-order valence-corrected chi connectivity index (χ0v) is 11.3. The van der Waals surface area contributed by atoms with E-state index in [2.05, 4.69) is 15.2 Å². The van der Waals surface area contributed by atoms with Gasteiger partial charge in [0, 0.05) is 0 Å². The Balaban J connectivity index is 2.10. The van der Waals surface area contributed by atoms with Gasteiger partial charge in [-0.25, -0.2) is 4.98 Å². The topological polar surface area (TPSA) is 114 Å². The van der Waals surface area contributed by atoms with Crippen LogP contribution in [0.1, 0.15) is 13.2 Å². The van der Waals surface area contributed by atoms with Gasteiger partial charge in [-0.2, -0.15) is 5.10 Å². The minimum absolute atomic E-state index is 0.137. The lowest BCUT2D eigenvalue weighted by Crippen LogP contribution is -2.44. The Morgan fingerprint density at radius 2 is 2.30 bits per heavy atom. The van der Waals surface area contributed by atoms with Crippen LogP contribution < -0.4 is 0 Å². The summed E-state index contributed by atoms with van der Waals surface area (Å²) in [6.07, 6.45) is -0.157. The lowest BCUT2D eigenvalue weighted by atomic mass is 9.96. The van der Waals surface area contributed by atoms with Gasteiger partial charge in [-0.05, 0) is 6.92 Å². The molecule has 1 aliphatic rings. The molecule has 3 rings (SSSR count). The molecule has 2 aromatic heterocycles. The molecule has 1 saturated heterocycles. The molecule has 8 nitrogen and oxygen atoms in total. The van der Waals surface area contributed by atoms with E-state index in [1.54, 1.807) is 0 Å². The SMILES string of the molecule is C[C@@]1(O)[C@H](O)[C@@H](CO)O[C@H]1n1cnc2c(Cl)nncc21. The van der Waals surface area contributed by atoms with Crippen LogP contribution in [0.15, 0.2) is 12.5 Å². The maximum atomic E-state index is 10.4. The van der Waals surface area contributed by atoms with Crippen LogP contribution in [-0.4, -0.2) is 59.5 Å². The summed E-state index contributed by atoms with van der Waals surface area (Å²) in [5.74, 6) is 0. The number of imidazole rings is 1. The van der Waals surface area contributed by atoms with Crippen molar-refractivity contribution in [1.82, 2.24) is 19.7 Å². The van der Waals surface area contributed by atoms with E-state index in [-0.39, 0.29) is 5.15 Å². The number of aliphatic hydroxyl groups excluding tert-OH is 2. The monoisotopic (exact) mass is 300 g/mol. The number of hydrogen-bond donors (Lipinski definition) is 3. The molecule has 3 N–H and O–H groups in total. The predicted molar refractivity (Wildman–Crippen MR) is 68.0 cm³/mol. The minimum Gasteiger partial charge on any atom is -0.394 e. The van der Waals surface area contributed by atoms with Crippen molar-refractivity contribution < 1.29 is 20.1 Å². The van der Waals surface area contributed by atoms with Crippen LogP contribution >= 0.6 is 11.6 Å². The fourth-order valence-corrected chi connectivity index (χ4v) is 2.61. The fourth-order valence-electron chi connectivity index (χ4n) is 2.42. The summed E-state index contributed by atoms with van der Waals surface area (Å²) in [5.41, 5.74) is -0.652. The first-order valence-electron chi connectivity index (χ1n) is 5.97. The molecule has 0 bridgehead atoms. The Labute approximate surface area is 118 Å². The van der Waals surface area contributed by atoms with Crippen LogP contribution in [0.3, 0.4) is 0 Å². The summed E-state index contributed by atoms with van der Waals surface area (Å²) in [5, 5.41) is 37.1. The molecule has 1 fully saturated rings. The summed E-state index contributed by atoms with van der Waals surface area (Å²) in [4.78, 5) is 4.10. The third-order valence-corrected chi connectivity index (χ3v) is 3.79. The Morgan fingerprint density at radius 3 is 2.95 bits per heavy atom. The average molecular weight is 301 g/mol. The van der Waals surface area contributed by atoms with Gasteiger partial charge in [0.05, 0.1) is 24.6 Å². The molecule has 0 unspecified atom stereocenters. The molecule has 9 heteroatoms. The third-order valence-electron chi connectivity index (χ3n) is 3.54. The van der Waals surface area contributed by atoms with E-state index in [4.69, 9.17) is 16.3 Å². The molecule has 0 aliphatic carbocycles. The van der Waals surface area contributed by atoms with Crippen LogP contribution in [0.5, 0.6) is 0 Å². The highest BCUT2D eigenvalue weighted by molar-refractivity contribution is 6.33. The Kier molecular flexibility index (Phi) is 3.14. The normalized spacial score (nSPS) is 34.0. The molecule has 0 amide bonds. The lowest BCUT2D eigenvalue weighted by molar-refractivity contribution is -0.0948. The molecule has 108 valence electrons. The van der Waals surface area contributed by atoms with E-state index in [0.717, 1.165) is 0 Å². The smallest absolute Gasteiger partial charge is 0.179 e. The number of aromatic nitrogens is 4. The Hall–Kier alpha value is -1.32. The summed E-state index contributed by atoms with van der Waals surface area (Å²) in [7, 11) is 0. The second-order valence-corrected chi connectivity index (χ2v) is 5.26. The molecule has 0 radical (unpaired) electrons. The van der Waals surface area contributed by atoms with Gasteiger partial charge in [0.15, 0.2) is 11.4 Å². The van der Waals surface area contributed by atoms with Crippen molar-refractivity contribution in [3.63, 3.8) is 0 Å². The van der Waals surface area contributed by atoms with E-state index in [9.17, 15) is 15.3 Å². The average Bonchev–Trinajstić information content (AvgIpc) is 2.92. The van der Waals surface area contributed by atoms with Gasteiger partial charge in [0.1, 0.15) is 23.3 Å². The van der Waals surface area contributed by atoms with Crippen LogP contribution in [0.4, 0.5) is 0 Å². The second-order valence-electron chi connectivity index (χ2n) is 4.90. The van der Waals surface area contributed by atoms with Gasteiger partial charge in [-0.1, -0.05) is 11.6 Å². The van der Waals surface area contributed by atoms with Crippen LogP contribution in [0.2, 0.25) is 5.15 Å². The van der Waals surface area contributed by atoms with Gasteiger partial charge < -0.3 is 20.1 Å². The summed E-state index contributed by atoms with van der Waals surface area (Å²) < 4.78 is 7.02. The maximum absolute atomic E-state index is 10.4. The molecule has 0 aromatic carbocycles. The zero-order valence-electron chi connectivity index (χ0n) is 10.5. The van der Waals surface area contributed by atoms with Gasteiger partial charge in [0.2, 0.25) is 0 Å². The lowest BCUT2D eigenvalue weighted by Gasteiger charge is -2.27. The summed E-state index contributed by atoms with van der Waals surface area (Å²) in [6.45, 7) is 1.03. The zero-order chi connectivity index (χ0) is 14.5. The first kappa shape index (κ1) is 13.7. The Bertz CT molecular complexity index is 646. The van der Waals surface area contributed by atoms with E-state index < -0.39 is 30.6 Å². The number of aliphatic hydroxyl groups is 3. The van der Waals surface area contributed by atoms with E-state index in [0.29, 0.717) is 11.0 Å². The number of halogens is 1. The van der Waals surface area contributed by atoms with Gasteiger partial charge in [0.25, 0.3) is 0 Å². The number of hydrogen-bond acceptors (Lipinski definition) is 7. The van der Waals surface area contributed by atoms with Crippen molar-refractivity contribution in [1.29, 1.82) is 0 Å². The van der Waals surface area contributed by atoms with Crippen LogP contribution in [-0.2, 0) is 4.74 Å². The van der Waals surface area contributed by atoms with E-state index in [1.807, 2.05) is 0 Å². The van der Waals surface area contributed by atoms with Crippen LogP contribution in [0, 0.1) is 0 Å². The van der Waals surface area contributed by atoms with E-state index in [1.165, 1.54) is 24.0 Å². The molecule has 0 spiro atoms. The van der Waals surface area contributed by atoms with Crippen molar-refractivity contribution in [3.8, 4) is 0 Å². The predicted octanol–water partition coefficient (Wildman–Crippen LogP) is -0.519. The summed E-state index contributed by atoms with van der Waals surface area (Å²) in [6, 6.07) is 0. The first-order chi connectivity index (χ1) is 9.46. The molecule has 3 heterocycles. The van der Waals surface area contributed by atoms with Crippen molar-refractivity contribution in [2.45, 2.75) is 31.0 Å². The molecule has 20 heavy (non-hydrogen) atoms. The number of ether oxygens (including phenoxy) is 1. The second kappa shape index (κ2) is 4.61. The van der Waals surface area contributed by atoms with Gasteiger partial charge in [-0.3, -0.25) is 4.57 Å². The summed E-state index contributed by atoms with van der Waals surface area (Å²) >= 11 is 5.89. The maximum Gasteiger partial charge on any atom is 0.179 e. The number of nitrogens with zero attached hydrogens (tertiary/aromatic N) is 4. The highest BCUT2D eigenvalue weighted by atomic mass is 35.5.